The van der Waals surface area contributed by atoms with Gasteiger partial charge in [0.1, 0.15) is 12.1 Å². The first-order valence-corrected chi connectivity index (χ1v) is 7.49. The molecule has 0 fully saturated rings. The van der Waals surface area contributed by atoms with E-state index in [0.29, 0.717) is 16.1 Å². The molecule has 1 aromatic carbocycles. The van der Waals surface area contributed by atoms with Crippen molar-refractivity contribution in [3.63, 3.8) is 0 Å². The minimum atomic E-state index is -0.260. The van der Waals surface area contributed by atoms with E-state index in [-0.39, 0.29) is 5.91 Å². The summed E-state index contributed by atoms with van der Waals surface area (Å²) in [5, 5.41) is 13.9. The van der Waals surface area contributed by atoms with E-state index in [1.807, 2.05) is 19.1 Å². The lowest BCUT2D eigenvalue weighted by molar-refractivity contribution is -0.111. The number of halogens is 1. The Hall–Kier alpha value is -2.74. The fourth-order valence-electron chi connectivity index (χ4n) is 1.97. The Morgan fingerprint density at radius 2 is 2.22 bits per heavy atom. The number of anilines is 1. The zero-order valence-electron chi connectivity index (χ0n) is 12.1. The van der Waals surface area contributed by atoms with Crippen molar-refractivity contribution in [2.45, 2.75) is 6.92 Å². The zero-order valence-corrected chi connectivity index (χ0v) is 13.7. The molecule has 2 aromatic heterocycles. The number of hydrogen-bond donors (Lipinski definition) is 1. The molecule has 0 aliphatic heterocycles. The van der Waals surface area contributed by atoms with Gasteiger partial charge in [-0.3, -0.25) is 4.79 Å². The maximum Gasteiger partial charge on any atom is 0.248 e. The van der Waals surface area contributed by atoms with Crippen LogP contribution in [0.4, 0.5) is 5.69 Å². The Balaban J connectivity index is 1.74. The van der Waals surface area contributed by atoms with Gasteiger partial charge in [0.2, 0.25) is 5.91 Å². The maximum absolute atomic E-state index is 12.0. The van der Waals surface area contributed by atoms with Gasteiger partial charge in [-0.05, 0) is 69.2 Å². The summed E-state index contributed by atoms with van der Waals surface area (Å²) < 4.78 is 7.45. The van der Waals surface area contributed by atoms with Crippen LogP contribution in [-0.4, -0.2) is 26.1 Å². The van der Waals surface area contributed by atoms with Gasteiger partial charge in [0, 0.05) is 11.8 Å². The topological polar surface area (TPSA) is 85.8 Å². The van der Waals surface area contributed by atoms with Gasteiger partial charge in [-0.25, -0.2) is 4.68 Å². The van der Waals surface area contributed by atoms with Gasteiger partial charge < -0.3 is 9.73 Å². The van der Waals surface area contributed by atoms with Crippen LogP contribution in [0.5, 0.6) is 0 Å². The molecule has 0 saturated heterocycles. The lowest BCUT2D eigenvalue weighted by atomic mass is 10.2. The zero-order chi connectivity index (χ0) is 16.2. The van der Waals surface area contributed by atoms with Crippen molar-refractivity contribution < 1.29 is 9.21 Å². The maximum atomic E-state index is 12.0. The van der Waals surface area contributed by atoms with Crippen molar-refractivity contribution in [1.29, 1.82) is 0 Å². The van der Waals surface area contributed by atoms with Crippen LogP contribution in [0.25, 0.3) is 11.8 Å². The fraction of sp³-hybridized carbons (Fsp3) is 0.0667. The third-order valence-electron chi connectivity index (χ3n) is 3.07. The summed E-state index contributed by atoms with van der Waals surface area (Å²) in [6.45, 7) is 1.94. The SMILES string of the molecule is Cc1ccc(NC(=O)/C=C/c2ccc(Br)o2)cc1-n1cnnn1. The summed E-state index contributed by atoms with van der Waals surface area (Å²) in [4.78, 5) is 12.0. The van der Waals surface area contributed by atoms with Crippen molar-refractivity contribution in [2.75, 3.05) is 5.32 Å². The Labute approximate surface area is 140 Å². The molecule has 0 bridgehead atoms. The Morgan fingerprint density at radius 3 is 2.91 bits per heavy atom. The molecule has 0 radical (unpaired) electrons. The molecule has 2 heterocycles. The quantitative estimate of drug-likeness (QED) is 0.710. The van der Waals surface area contributed by atoms with Crippen LogP contribution in [0, 0.1) is 6.92 Å². The summed E-state index contributed by atoms with van der Waals surface area (Å²) in [5.74, 6) is 0.328. The van der Waals surface area contributed by atoms with Crippen LogP contribution in [0.3, 0.4) is 0 Å². The highest BCUT2D eigenvalue weighted by Gasteiger charge is 2.06. The van der Waals surface area contributed by atoms with E-state index >= 15 is 0 Å². The van der Waals surface area contributed by atoms with Crippen LogP contribution < -0.4 is 5.32 Å². The molecule has 3 rings (SSSR count). The van der Waals surface area contributed by atoms with Crippen LogP contribution in [-0.2, 0) is 4.79 Å². The number of nitrogens with one attached hydrogen (secondary N) is 1. The molecule has 1 amide bonds. The molecule has 0 spiro atoms. The summed E-state index contributed by atoms with van der Waals surface area (Å²) in [6, 6.07) is 9.03. The number of hydrogen-bond acceptors (Lipinski definition) is 5. The van der Waals surface area contributed by atoms with Crippen LogP contribution in [0.1, 0.15) is 11.3 Å². The minimum absolute atomic E-state index is 0.260. The second-order valence-electron chi connectivity index (χ2n) is 4.72. The first kappa shape index (κ1) is 15.2. The smallest absolute Gasteiger partial charge is 0.248 e. The average molecular weight is 374 g/mol. The molecule has 8 heteroatoms. The fourth-order valence-corrected chi connectivity index (χ4v) is 2.28. The second kappa shape index (κ2) is 6.57. The van der Waals surface area contributed by atoms with E-state index in [1.165, 1.54) is 12.4 Å². The summed E-state index contributed by atoms with van der Waals surface area (Å²) in [7, 11) is 0. The van der Waals surface area contributed by atoms with Crippen molar-refractivity contribution in [2.24, 2.45) is 0 Å². The number of tetrazole rings is 1. The number of benzene rings is 1. The highest BCUT2D eigenvalue weighted by atomic mass is 79.9. The molecule has 3 aromatic rings. The number of carbonyl (C=O) groups is 1. The molecule has 0 saturated carbocycles. The normalized spacial score (nSPS) is 11.0. The third kappa shape index (κ3) is 3.72. The van der Waals surface area contributed by atoms with Crippen LogP contribution in [0.15, 0.2) is 51.8 Å². The molecule has 0 atom stereocenters. The van der Waals surface area contributed by atoms with Crippen molar-refractivity contribution in [3.8, 4) is 5.69 Å². The van der Waals surface area contributed by atoms with E-state index in [2.05, 4.69) is 36.8 Å². The van der Waals surface area contributed by atoms with Crippen molar-refractivity contribution in [1.82, 2.24) is 20.2 Å². The number of nitrogens with zero attached hydrogens (tertiary/aromatic N) is 4. The van der Waals surface area contributed by atoms with Gasteiger partial charge in [-0.2, -0.15) is 0 Å². The van der Waals surface area contributed by atoms with E-state index < -0.39 is 0 Å². The molecule has 0 aliphatic rings. The molecule has 7 nitrogen and oxygen atoms in total. The second-order valence-corrected chi connectivity index (χ2v) is 5.50. The highest BCUT2D eigenvalue weighted by Crippen LogP contribution is 2.19. The number of furan rings is 1. The van der Waals surface area contributed by atoms with E-state index in [1.54, 1.807) is 29.0 Å². The predicted octanol–water partition coefficient (Wildman–Crippen LogP) is 2.98. The number of rotatable bonds is 4. The number of aryl methyl sites for hydroxylation is 1. The molecule has 0 unspecified atom stereocenters. The monoisotopic (exact) mass is 373 g/mol. The summed E-state index contributed by atoms with van der Waals surface area (Å²) in [5.41, 5.74) is 2.44. The number of carbonyl (C=O) groups excluding carboxylic acids is 1. The van der Waals surface area contributed by atoms with Gasteiger partial charge in [-0.15, -0.1) is 5.10 Å². The van der Waals surface area contributed by atoms with E-state index in [4.69, 9.17) is 4.42 Å². The lowest BCUT2D eigenvalue weighted by Crippen LogP contribution is -2.09. The Bertz CT molecular complexity index is 855. The lowest BCUT2D eigenvalue weighted by Gasteiger charge is -2.08. The Morgan fingerprint density at radius 1 is 1.35 bits per heavy atom. The van der Waals surface area contributed by atoms with Crippen molar-refractivity contribution >= 4 is 33.6 Å². The third-order valence-corrected chi connectivity index (χ3v) is 3.49. The van der Waals surface area contributed by atoms with Gasteiger partial charge >= 0.3 is 0 Å². The van der Waals surface area contributed by atoms with Gasteiger partial charge in [0.05, 0.1) is 5.69 Å². The molecule has 0 aliphatic carbocycles. The highest BCUT2D eigenvalue weighted by molar-refractivity contribution is 9.10. The van der Waals surface area contributed by atoms with Crippen molar-refractivity contribution in [3.05, 3.63) is 58.7 Å². The molecule has 23 heavy (non-hydrogen) atoms. The number of amides is 1. The van der Waals surface area contributed by atoms with Crippen LogP contribution in [0.2, 0.25) is 0 Å². The molecular weight excluding hydrogens is 362 g/mol. The summed E-state index contributed by atoms with van der Waals surface area (Å²) in [6.07, 6.45) is 4.50. The minimum Gasteiger partial charge on any atom is -0.450 e. The first-order chi connectivity index (χ1) is 11.1. The number of aromatic nitrogens is 4. The first-order valence-electron chi connectivity index (χ1n) is 6.70. The van der Waals surface area contributed by atoms with E-state index in [9.17, 15) is 4.79 Å². The standard InChI is InChI=1S/C15H12BrN5O2/c1-10-2-3-11(8-13(10)21-9-17-19-20-21)18-15(22)7-5-12-4-6-14(16)23-12/h2-9H,1H3,(H,18,22)/b7-5+. The average Bonchev–Trinajstić information content (AvgIpc) is 3.19. The molecule has 116 valence electrons. The van der Waals surface area contributed by atoms with Crippen LogP contribution >= 0.6 is 15.9 Å². The van der Waals surface area contributed by atoms with Gasteiger partial charge in [-0.1, -0.05) is 6.07 Å². The van der Waals surface area contributed by atoms with Gasteiger partial charge in [0.15, 0.2) is 4.67 Å². The predicted molar refractivity (Wildman–Crippen MR) is 88.0 cm³/mol. The molecular formula is C15H12BrN5O2. The summed E-state index contributed by atoms with van der Waals surface area (Å²) >= 11 is 3.21. The molecule has 1 N–H and O–H groups in total. The Kier molecular flexibility index (Phi) is 4.33. The van der Waals surface area contributed by atoms with E-state index in [0.717, 1.165) is 11.3 Å². The van der Waals surface area contributed by atoms with Gasteiger partial charge in [0.25, 0.3) is 0 Å². The largest absolute Gasteiger partial charge is 0.450 e.